The molecule has 0 aliphatic heterocycles. The predicted octanol–water partition coefficient (Wildman–Crippen LogP) is 3.22. The van der Waals surface area contributed by atoms with Gasteiger partial charge in [0.1, 0.15) is 18.2 Å². The van der Waals surface area contributed by atoms with Crippen LogP contribution in [0.4, 0.5) is 5.82 Å². The van der Waals surface area contributed by atoms with E-state index >= 15 is 0 Å². The Kier molecular flexibility index (Phi) is 8.05. The number of anilines is 1. The number of rotatable bonds is 10. The standard InChI is InChI=1S/C16H29N3O2/c1-6-8-17-15-13(5)16(19-14(7-2)18-15)21-10-9-20-11-12(3)4/h12H,6-11H2,1-5H3,(H,17,18,19). The Morgan fingerprint density at radius 2 is 1.90 bits per heavy atom. The molecule has 0 aromatic carbocycles. The monoisotopic (exact) mass is 295 g/mol. The third-order valence-corrected chi connectivity index (χ3v) is 2.92. The molecule has 0 bridgehead atoms. The highest BCUT2D eigenvalue weighted by molar-refractivity contribution is 5.48. The molecule has 1 aromatic heterocycles. The summed E-state index contributed by atoms with van der Waals surface area (Å²) in [5, 5.41) is 3.33. The van der Waals surface area contributed by atoms with E-state index in [0.717, 1.165) is 43.2 Å². The van der Waals surface area contributed by atoms with Gasteiger partial charge in [0.2, 0.25) is 5.88 Å². The van der Waals surface area contributed by atoms with Gasteiger partial charge in [0, 0.05) is 19.6 Å². The summed E-state index contributed by atoms with van der Waals surface area (Å²) in [4.78, 5) is 8.99. The fourth-order valence-electron chi connectivity index (χ4n) is 1.77. The summed E-state index contributed by atoms with van der Waals surface area (Å²) in [6, 6.07) is 0. The number of nitrogens with one attached hydrogen (secondary N) is 1. The lowest BCUT2D eigenvalue weighted by molar-refractivity contribution is 0.0803. The van der Waals surface area contributed by atoms with Crippen molar-refractivity contribution in [3.63, 3.8) is 0 Å². The zero-order chi connectivity index (χ0) is 15.7. The fraction of sp³-hybridized carbons (Fsp3) is 0.750. The summed E-state index contributed by atoms with van der Waals surface area (Å²) < 4.78 is 11.3. The van der Waals surface area contributed by atoms with Crippen LogP contribution in [-0.4, -0.2) is 36.3 Å². The quantitative estimate of drug-likeness (QED) is 0.672. The van der Waals surface area contributed by atoms with Gasteiger partial charge in [0.25, 0.3) is 0 Å². The third-order valence-electron chi connectivity index (χ3n) is 2.92. The minimum absolute atomic E-state index is 0.515. The van der Waals surface area contributed by atoms with E-state index in [1.807, 2.05) is 13.8 Å². The van der Waals surface area contributed by atoms with Crippen LogP contribution in [0.3, 0.4) is 0 Å². The van der Waals surface area contributed by atoms with Gasteiger partial charge in [-0.25, -0.2) is 4.98 Å². The molecule has 0 amide bonds. The second-order valence-electron chi connectivity index (χ2n) is 5.52. The van der Waals surface area contributed by atoms with Crippen molar-refractivity contribution in [2.75, 3.05) is 31.7 Å². The van der Waals surface area contributed by atoms with Crippen LogP contribution in [0.5, 0.6) is 5.88 Å². The van der Waals surface area contributed by atoms with Gasteiger partial charge in [0.15, 0.2) is 0 Å². The lowest BCUT2D eigenvalue weighted by Gasteiger charge is -2.14. The smallest absolute Gasteiger partial charge is 0.221 e. The first-order chi connectivity index (χ1) is 10.1. The molecule has 1 N–H and O–H groups in total. The van der Waals surface area contributed by atoms with Gasteiger partial charge in [-0.1, -0.05) is 27.7 Å². The molecule has 120 valence electrons. The Bertz CT molecular complexity index is 422. The Morgan fingerprint density at radius 1 is 1.14 bits per heavy atom. The topological polar surface area (TPSA) is 56.3 Å². The first kappa shape index (κ1) is 17.7. The molecule has 0 aliphatic rings. The molecule has 0 saturated heterocycles. The summed E-state index contributed by atoms with van der Waals surface area (Å²) >= 11 is 0. The second kappa shape index (κ2) is 9.55. The Hall–Kier alpha value is -1.36. The summed E-state index contributed by atoms with van der Waals surface area (Å²) in [6.07, 6.45) is 1.85. The average molecular weight is 295 g/mol. The van der Waals surface area contributed by atoms with Crippen molar-refractivity contribution in [2.45, 2.75) is 47.5 Å². The molecule has 5 nitrogen and oxygen atoms in total. The van der Waals surface area contributed by atoms with Gasteiger partial charge >= 0.3 is 0 Å². The molecule has 5 heteroatoms. The van der Waals surface area contributed by atoms with Crippen molar-refractivity contribution in [3.05, 3.63) is 11.4 Å². The summed E-state index contributed by atoms with van der Waals surface area (Å²) in [5.41, 5.74) is 0.963. The summed E-state index contributed by atoms with van der Waals surface area (Å²) in [5.74, 6) is 2.88. The van der Waals surface area contributed by atoms with Crippen LogP contribution in [-0.2, 0) is 11.2 Å². The van der Waals surface area contributed by atoms with Crippen LogP contribution in [0.15, 0.2) is 0 Å². The van der Waals surface area contributed by atoms with Gasteiger partial charge in [-0.05, 0) is 19.3 Å². The van der Waals surface area contributed by atoms with Crippen LogP contribution in [0, 0.1) is 12.8 Å². The SMILES string of the molecule is CCCNc1nc(CC)nc(OCCOCC(C)C)c1C. The van der Waals surface area contributed by atoms with E-state index in [4.69, 9.17) is 9.47 Å². The van der Waals surface area contributed by atoms with Crippen molar-refractivity contribution in [1.82, 2.24) is 9.97 Å². The minimum Gasteiger partial charge on any atom is -0.475 e. The second-order valence-corrected chi connectivity index (χ2v) is 5.52. The highest BCUT2D eigenvalue weighted by Crippen LogP contribution is 2.22. The molecular weight excluding hydrogens is 266 g/mol. The molecule has 0 aliphatic carbocycles. The largest absolute Gasteiger partial charge is 0.475 e. The highest BCUT2D eigenvalue weighted by atomic mass is 16.5. The summed E-state index contributed by atoms with van der Waals surface area (Å²) in [7, 11) is 0. The maximum Gasteiger partial charge on any atom is 0.221 e. The molecular formula is C16H29N3O2. The van der Waals surface area contributed by atoms with Crippen molar-refractivity contribution in [3.8, 4) is 5.88 Å². The molecule has 0 atom stereocenters. The molecule has 0 spiro atoms. The zero-order valence-corrected chi connectivity index (χ0v) is 14.0. The number of aromatic nitrogens is 2. The van der Waals surface area contributed by atoms with E-state index < -0.39 is 0 Å². The number of hydrogen-bond donors (Lipinski definition) is 1. The lowest BCUT2D eigenvalue weighted by Crippen LogP contribution is -2.13. The van der Waals surface area contributed by atoms with Crippen LogP contribution >= 0.6 is 0 Å². The van der Waals surface area contributed by atoms with Crippen molar-refractivity contribution >= 4 is 5.82 Å². The normalized spacial score (nSPS) is 11.0. The molecule has 0 unspecified atom stereocenters. The Balaban J connectivity index is 2.62. The molecule has 0 fully saturated rings. The minimum atomic E-state index is 0.515. The van der Waals surface area contributed by atoms with E-state index in [-0.39, 0.29) is 0 Å². The maximum atomic E-state index is 5.77. The van der Waals surface area contributed by atoms with E-state index in [2.05, 4.69) is 36.1 Å². The molecule has 0 radical (unpaired) electrons. The number of hydrogen-bond acceptors (Lipinski definition) is 5. The first-order valence-corrected chi connectivity index (χ1v) is 7.90. The fourth-order valence-corrected chi connectivity index (χ4v) is 1.77. The average Bonchev–Trinajstić information content (AvgIpc) is 2.46. The van der Waals surface area contributed by atoms with Crippen LogP contribution in [0.1, 0.15) is 45.5 Å². The summed E-state index contributed by atoms with van der Waals surface area (Å²) in [6.45, 7) is 13.2. The van der Waals surface area contributed by atoms with Gasteiger partial charge < -0.3 is 14.8 Å². The predicted molar refractivity (Wildman–Crippen MR) is 86.1 cm³/mol. The van der Waals surface area contributed by atoms with E-state index in [0.29, 0.717) is 25.0 Å². The zero-order valence-electron chi connectivity index (χ0n) is 14.0. The van der Waals surface area contributed by atoms with Crippen molar-refractivity contribution < 1.29 is 9.47 Å². The Morgan fingerprint density at radius 3 is 2.52 bits per heavy atom. The van der Waals surface area contributed by atoms with Crippen LogP contribution < -0.4 is 10.1 Å². The molecule has 1 aromatic rings. The highest BCUT2D eigenvalue weighted by Gasteiger charge is 2.11. The van der Waals surface area contributed by atoms with Gasteiger partial charge in [0.05, 0.1) is 12.2 Å². The van der Waals surface area contributed by atoms with Gasteiger partial charge in [-0.3, -0.25) is 0 Å². The first-order valence-electron chi connectivity index (χ1n) is 7.90. The van der Waals surface area contributed by atoms with E-state index in [9.17, 15) is 0 Å². The van der Waals surface area contributed by atoms with E-state index in [1.165, 1.54) is 0 Å². The van der Waals surface area contributed by atoms with E-state index in [1.54, 1.807) is 0 Å². The molecule has 1 rings (SSSR count). The molecule has 0 saturated carbocycles. The van der Waals surface area contributed by atoms with Crippen molar-refractivity contribution in [1.29, 1.82) is 0 Å². The number of aryl methyl sites for hydroxylation is 1. The van der Waals surface area contributed by atoms with Gasteiger partial charge in [-0.2, -0.15) is 4.98 Å². The lowest BCUT2D eigenvalue weighted by atomic mass is 10.2. The molecule has 1 heterocycles. The van der Waals surface area contributed by atoms with Crippen molar-refractivity contribution in [2.24, 2.45) is 5.92 Å². The van der Waals surface area contributed by atoms with Crippen LogP contribution in [0.25, 0.3) is 0 Å². The van der Waals surface area contributed by atoms with Gasteiger partial charge in [-0.15, -0.1) is 0 Å². The number of ether oxygens (including phenoxy) is 2. The van der Waals surface area contributed by atoms with Crippen LogP contribution in [0.2, 0.25) is 0 Å². The Labute approximate surface area is 128 Å². The maximum absolute atomic E-state index is 5.77. The third kappa shape index (κ3) is 6.29. The molecule has 21 heavy (non-hydrogen) atoms. The number of nitrogens with zero attached hydrogens (tertiary/aromatic N) is 2.